The van der Waals surface area contributed by atoms with Crippen LogP contribution < -0.4 is 20.5 Å². The lowest BCUT2D eigenvalue weighted by Crippen LogP contribution is -2.37. The second kappa shape index (κ2) is 10.5. The monoisotopic (exact) mass is 372 g/mol. The third-order valence-corrected chi connectivity index (χ3v) is 4.09. The molecule has 1 heterocycles. The number of benzene rings is 1. The molecule has 1 aromatic rings. The number of carbonyl (C=O) groups excluding carboxylic acids is 1. The molecule has 3 N–H and O–H groups in total. The van der Waals surface area contributed by atoms with Gasteiger partial charge in [-0.1, -0.05) is 6.07 Å². The highest BCUT2D eigenvalue weighted by Crippen LogP contribution is 2.31. The minimum atomic E-state index is -0.407. The first kappa shape index (κ1) is 21.5. The molecule has 1 aromatic carbocycles. The molecule has 0 radical (unpaired) electrons. The summed E-state index contributed by atoms with van der Waals surface area (Å²) in [5, 5.41) is 3.00. The summed E-state index contributed by atoms with van der Waals surface area (Å²) in [4.78, 5) is 12.3. The molecular weight excluding hydrogens is 344 g/mol. The van der Waals surface area contributed by atoms with Crippen molar-refractivity contribution in [3.05, 3.63) is 23.8 Å². The SMILES string of the molecule is CCOc1ccc(C(C)NC(=O)[C@@H]2CC[C@H](CN)O2)cc1OCC.Cl. The number of nitrogens with two attached hydrogens (primary N) is 1. The number of hydrogen-bond donors (Lipinski definition) is 2. The molecule has 0 bridgehead atoms. The summed E-state index contributed by atoms with van der Waals surface area (Å²) in [6, 6.07) is 5.59. The Morgan fingerprint density at radius 2 is 1.96 bits per heavy atom. The van der Waals surface area contributed by atoms with Crippen LogP contribution in [-0.4, -0.2) is 37.9 Å². The van der Waals surface area contributed by atoms with E-state index in [4.69, 9.17) is 19.9 Å². The Bertz CT molecular complexity index is 556. The number of halogens is 1. The number of ether oxygens (including phenoxy) is 3. The van der Waals surface area contributed by atoms with Gasteiger partial charge >= 0.3 is 0 Å². The van der Waals surface area contributed by atoms with E-state index in [1.165, 1.54) is 0 Å². The van der Waals surface area contributed by atoms with Gasteiger partial charge < -0.3 is 25.3 Å². The van der Waals surface area contributed by atoms with Crippen LogP contribution in [0.3, 0.4) is 0 Å². The molecule has 1 amide bonds. The van der Waals surface area contributed by atoms with E-state index in [-0.39, 0.29) is 30.5 Å². The molecular formula is C18H29ClN2O4. The van der Waals surface area contributed by atoms with Gasteiger partial charge in [-0.05, 0) is 51.3 Å². The summed E-state index contributed by atoms with van der Waals surface area (Å²) >= 11 is 0. The lowest BCUT2D eigenvalue weighted by Gasteiger charge is -2.19. The fourth-order valence-electron chi connectivity index (χ4n) is 2.80. The second-order valence-corrected chi connectivity index (χ2v) is 5.86. The van der Waals surface area contributed by atoms with Gasteiger partial charge in [0.25, 0.3) is 0 Å². The Balaban J connectivity index is 0.00000312. The summed E-state index contributed by atoms with van der Waals surface area (Å²) in [5.41, 5.74) is 6.55. The average molecular weight is 373 g/mol. The molecule has 142 valence electrons. The summed E-state index contributed by atoms with van der Waals surface area (Å²) in [6.07, 6.45) is 1.13. The Labute approximate surface area is 155 Å². The Morgan fingerprint density at radius 1 is 1.28 bits per heavy atom. The van der Waals surface area contributed by atoms with E-state index in [2.05, 4.69) is 5.32 Å². The third kappa shape index (κ3) is 5.76. The van der Waals surface area contributed by atoms with Crippen molar-refractivity contribution >= 4 is 18.3 Å². The van der Waals surface area contributed by atoms with E-state index in [9.17, 15) is 4.79 Å². The van der Waals surface area contributed by atoms with Gasteiger partial charge in [0.15, 0.2) is 11.5 Å². The van der Waals surface area contributed by atoms with Crippen LogP contribution in [0.1, 0.15) is 45.2 Å². The summed E-state index contributed by atoms with van der Waals surface area (Å²) < 4.78 is 16.8. The summed E-state index contributed by atoms with van der Waals surface area (Å²) in [7, 11) is 0. The molecule has 1 aliphatic heterocycles. The van der Waals surface area contributed by atoms with E-state index in [0.717, 1.165) is 12.0 Å². The molecule has 0 aliphatic carbocycles. The number of amides is 1. The molecule has 1 aliphatic rings. The highest BCUT2D eigenvalue weighted by molar-refractivity contribution is 5.85. The predicted molar refractivity (Wildman–Crippen MR) is 99.5 cm³/mol. The molecule has 3 atom stereocenters. The number of hydrogen-bond acceptors (Lipinski definition) is 5. The highest BCUT2D eigenvalue weighted by Gasteiger charge is 2.30. The normalized spacial score (nSPS) is 20.5. The van der Waals surface area contributed by atoms with Gasteiger partial charge in [0.05, 0.1) is 25.4 Å². The zero-order valence-corrected chi connectivity index (χ0v) is 15.9. The van der Waals surface area contributed by atoms with Crippen molar-refractivity contribution < 1.29 is 19.0 Å². The van der Waals surface area contributed by atoms with Crippen molar-refractivity contribution in [2.75, 3.05) is 19.8 Å². The molecule has 7 heteroatoms. The van der Waals surface area contributed by atoms with Gasteiger partial charge in [-0.3, -0.25) is 4.79 Å². The van der Waals surface area contributed by atoms with Crippen molar-refractivity contribution in [1.82, 2.24) is 5.32 Å². The first-order chi connectivity index (χ1) is 11.6. The van der Waals surface area contributed by atoms with E-state index in [1.54, 1.807) is 0 Å². The van der Waals surface area contributed by atoms with Crippen LogP contribution in [0.2, 0.25) is 0 Å². The van der Waals surface area contributed by atoms with Crippen LogP contribution >= 0.6 is 12.4 Å². The van der Waals surface area contributed by atoms with Gasteiger partial charge in [-0.25, -0.2) is 0 Å². The first-order valence-electron chi connectivity index (χ1n) is 8.64. The fourth-order valence-corrected chi connectivity index (χ4v) is 2.80. The van der Waals surface area contributed by atoms with Gasteiger partial charge in [0, 0.05) is 6.54 Å². The van der Waals surface area contributed by atoms with Crippen LogP contribution in [0.5, 0.6) is 11.5 Å². The first-order valence-corrected chi connectivity index (χ1v) is 8.64. The van der Waals surface area contributed by atoms with Crippen molar-refractivity contribution in [3.63, 3.8) is 0 Å². The largest absolute Gasteiger partial charge is 0.490 e. The smallest absolute Gasteiger partial charge is 0.249 e. The fraction of sp³-hybridized carbons (Fsp3) is 0.611. The van der Waals surface area contributed by atoms with Crippen molar-refractivity contribution in [3.8, 4) is 11.5 Å². The topological polar surface area (TPSA) is 82.8 Å². The minimum absolute atomic E-state index is 0. The highest BCUT2D eigenvalue weighted by atomic mass is 35.5. The van der Waals surface area contributed by atoms with E-state index >= 15 is 0 Å². The van der Waals surface area contributed by atoms with Gasteiger partial charge in [-0.2, -0.15) is 0 Å². The van der Waals surface area contributed by atoms with Crippen LogP contribution in [0.4, 0.5) is 0 Å². The molecule has 1 saturated heterocycles. The van der Waals surface area contributed by atoms with E-state index in [0.29, 0.717) is 37.7 Å². The van der Waals surface area contributed by atoms with E-state index in [1.807, 2.05) is 39.0 Å². The molecule has 1 fully saturated rings. The van der Waals surface area contributed by atoms with E-state index < -0.39 is 6.10 Å². The van der Waals surface area contributed by atoms with Crippen molar-refractivity contribution in [2.24, 2.45) is 5.73 Å². The standard InChI is InChI=1S/C18H28N2O4.ClH/c1-4-22-15-8-6-13(10-17(15)23-5-2)12(3)20-18(21)16-9-7-14(11-19)24-16;/h6,8,10,12,14,16H,4-5,7,9,11,19H2,1-3H3,(H,20,21);1H/t12?,14-,16+;/m1./s1. The maximum absolute atomic E-state index is 12.3. The lowest BCUT2D eigenvalue weighted by atomic mass is 10.1. The second-order valence-electron chi connectivity index (χ2n) is 5.86. The van der Waals surface area contributed by atoms with Gasteiger partial charge in [-0.15, -0.1) is 12.4 Å². The summed E-state index contributed by atoms with van der Waals surface area (Å²) in [5.74, 6) is 1.31. The maximum atomic E-state index is 12.3. The number of carbonyl (C=O) groups is 1. The minimum Gasteiger partial charge on any atom is -0.490 e. The van der Waals surface area contributed by atoms with Crippen LogP contribution in [0.25, 0.3) is 0 Å². The average Bonchev–Trinajstić information content (AvgIpc) is 3.06. The Hall–Kier alpha value is -1.50. The molecule has 6 nitrogen and oxygen atoms in total. The maximum Gasteiger partial charge on any atom is 0.249 e. The van der Waals surface area contributed by atoms with Crippen LogP contribution in [0.15, 0.2) is 18.2 Å². The van der Waals surface area contributed by atoms with Crippen LogP contribution in [0, 0.1) is 0 Å². The van der Waals surface area contributed by atoms with Gasteiger partial charge in [0.1, 0.15) is 6.10 Å². The predicted octanol–water partition coefficient (Wildman–Crippen LogP) is 2.59. The summed E-state index contributed by atoms with van der Waals surface area (Å²) in [6.45, 7) is 7.39. The molecule has 0 aromatic heterocycles. The Kier molecular flexibility index (Phi) is 9.03. The van der Waals surface area contributed by atoms with Crippen molar-refractivity contribution in [1.29, 1.82) is 0 Å². The van der Waals surface area contributed by atoms with Crippen molar-refractivity contribution in [2.45, 2.75) is 51.9 Å². The quantitative estimate of drug-likeness (QED) is 0.732. The lowest BCUT2D eigenvalue weighted by molar-refractivity contribution is -0.132. The van der Waals surface area contributed by atoms with Gasteiger partial charge in [0.2, 0.25) is 5.91 Å². The zero-order chi connectivity index (χ0) is 17.5. The number of nitrogens with one attached hydrogen (secondary N) is 1. The molecule has 2 rings (SSSR count). The molecule has 1 unspecified atom stereocenters. The van der Waals surface area contributed by atoms with Crippen LogP contribution in [-0.2, 0) is 9.53 Å². The molecule has 25 heavy (non-hydrogen) atoms. The molecule has 0 spiro atoms. The zero-order valence-electron chi connectivity index (χ0n) is 15.1. The third-order valence-electron chi connectivity index (χ3n) is 4.09. The number of rotatable bonds is 8. The Morgan fingerprint density at radius 3 is 2.56 bits per heavy atom. The molecule has 0 saturated carbocycles.